The van der Waals surface area contributed by atoms with Gasteiger partial charge in [0.25, 0.3) is 0 Å². The van der Waals surface area contributed by atoms with Crippen LogP contribution in [0.1, 0.15) is 25.8 Å². The van der Waals surface area contributed by atoms with Crippen LogP contribution in [0.15, 0.2) is 30.3 Å². The second kappa shape index (κ2) is 7.17. The minimum atomic E-state index is -0.120. The fourth-order valence-electron chi connectivity index (χ4n) is 2.00. The van der Waals surface area contributed by atoms with Crippen LogP contribution in [-0.4, -0.2) is 37.0 Å². The van der Waals surface area contributed by atoms with Gasteiger partial charge in [-0.05, 0) is 32.3 Å². The number of hydrogen-bond acceptors (Lipinski definition) is 2. The van der Waals surface area contributed by atoms with Gasteiger partial charge in [-0.15, -0.1) is 0 Å². The molecule has 0 fully saturated rings. The number of hydrogen-bond donors (Lipinski definition) is 1. The molecule has 1 aromatic rings. The average Bonchev–Trinajstić information content (AvgIpc) is 2.36. The van der Waals surface area contributed by atoms with Crippen molar-refractivity contribution in [2.45, 2.75) is 38.8 Å². The van der Waals surface area contributed by atoms with Crippen molar-refractivity contribution in [3.05, 3.63) is 35.9 Å². The first-order valence-corrected chi connectivity index (χ1v) is 6.52. The first kappa shape index (κ1) is 14.7. The van der Waals surface area contributed by atoms with Gasteiger partial charge in [0.2, 0.25) is 5.91 Å². The van der Waals surface area contributed by atoms with Crippen molar-refractivity contribution in [3.8, 4) is 0 Å². The molecule has 0 saturated carbocycles. The van der Waals surface area contributed by atoms with Crippen LogP contribution in [0.25, 0.3) is 0 Å². The Labute approximate surface area is 110 Å². The minimum Gasteiger partial charge on any atom is -0.347 e. The highest BCUT2D eigenvalue weighted by atomic mass is 16.2. The average molecular weight is 248 g/mol. The zero-order valence-corrected chi connectivity index (χ0v) is 11.8. The van der Waals surface area contributed by atoms with Crippen molar-refractivity contribution >= 4 is 5.91 Å². The number of rotatable bonds is 6. The normalized spacial score (nSPS) is 14.0. The van der Waals surface area contributed by atoms with Crippen molar-refractivity contribution in [3.63, 3.8) is 0 Å². The number of likely N-dealkylation sites (N-methyl/N-ethyl adjacent to an activating group) is 1. The highest BCUT2D eigenvalue weighted by Crippen LogP contribution is 2.05. The standard InChI is InChI=1S/C15H24N2O/c1-12(16-13(2)15(18)17(3)4)10-11-14-8-6-5-7-9-14/h5-9,12-13,16H,10-11H2,1-4H3. The van der Waals surface area contributed by atoms with Gasteiger partial charge in [0, 0.05) is 20.1 Å². The van der Waals surface area contributed by atoms with E-state index in [2.05, 4.69) is 36.5 Å². The number of amides is 1. The quantitative estimate of drug-likeness (QED) is 0.836. The number of carbonyl (C=O) groups is 1. The molecule has 3 heteroatoms. The summed E-state index contributed by atoms with van der Waals surface area (Å²) in [6, 6.07) is 10.7. The van der Waals surface area contributed by atoms with E-state index in [4.69, 9.17) is 0 Å². The van der Waals surface area contributed by atoms with Crippen LogP contribution in [0.3, 0.4) is 0 Å². The number of nitrogens with one attached hydrogen (secondary N) is 1. The van der Waals surface area contributed by atoms with Gasteiger partial charge >= 0.3 is 0 Å². The second-order valence-electron chi connectivity index (χ2n) is 5.05. The molecule has 0 spiro atoms. The highest BCUT2D eigenvalue weighted by molar-refractivity contribution is 5.80. The molecule has 0 aliphatic rings. The molecule has 3 nitrogen and oxygen atoms in total. The van der Waals surface area contributed by atoms with E-state index in [0.29, 0.717) is 6.04 Å². The SMILES string of the molecule is CC(CCc1ccccc1)NC(C)C(=O)N(C)C. The summed E-state index contributed by atoms with van der Waals surface area (Å²) in [6.07, 6.45) is 2.08. The Morgan fingerprint density at radius 1 is 1.22 bits per heavy atom. The molecule has 0 aliphatic heterocycles. The molecule has 0 bridgehead atoms. The van der Waals surface area contributed by atoms with Gasteiger partial charge in [-0.1, -0.05) is 30.3 Å². The van der Waals surface area contributed by atoms with Gasteiger partial charge < -0.3 is 10.2 Å². The molecule has 0 aliphatic carbocycles. The molecular formula is C15H24N2O. The smallest absolute Gasteiger partial charge is 0.238 e. The topological polar surface area (TPSA) is 32.3 Å². The van der Waals surface area contributed by atoms with Crippen LogP contribution in [0.4, 0.5) is 0 Å². The largest absolute Gasteiger partial charge is 0.347 e. The molecule has 1 rings (SSSR count). The molecule has 18 heavy (non-hydrogen) atoms. The lowest BCUT2D eigenvalue weighted by atomic mass is 10.1. The maximum atomic E-state index is 11.7. The Kier molecular flexibility index (Phi) is 5.86. The van der Waals surface area contributed by atoms with E-state index in [1.165, 1.54) is 5.56 Å². The summed E-state index contributed by atoms with van der Waals surface area (Å²) >= 11 is 0. The Morgan fingerprint density at radius 3 is 2.39 bits per heavy atom. The molecule has 2 unspecified atom stereocenters. The summed E-state index contributed by atoms with van der Waals surface area (Å²) in [4.78, 5) is 13.3. The first-order chi connectivity index (χ1) is 8.50. The fourth-order valence-corrected chi connectivity index (χ4v) is 2.00. The van der Waals surface area contributed by atoms with Crippen LogP contribution in [-0.2, 0) is 11.2 Å². The Bertz CT molecular complexity index is 362. The number of nitrogens with zero attached hydrogens (tertiary/aromatic N) is 1. The van der Waals surface area contributed by atoms with Crippen molar-refractivity contribution in [2.75, 3.05) is 14.1 Å². The van der Waals surface area contributed by atoms with Crippen LogP contribution in [0.2, 0.25) is 0 Å². The molecular weight excluding hydrogens is 224 g/mol. The van der Waals surface area contributed by atoms with Crippen molar-refractivity contribution in [2.24, 2.45) is 0 Å². The Balaban J connectivity index is 2.33. The van der Waals surface area contributed by atoms with E-state index >= 15 is 0 Å². The van der Waals surface area contributed by atoms with Crippen LogP contribution < -0.4 is 5.32 Å². The van der Waals surface area contributed by atoms with E-state index in [1.54, 1.807) is 19.0 Å². The Hall–Kier alpha value is -1.35. The molecule has 0 heterocycles. The third kappa shape index (κ3) is 4.88. The molecule has 2 atom stereocenters. The van der Waals surface area contributed by atoms with E-state index in [-0.39, 0.29) is 11.9 Å². The van der Waals surface area contributed by atoms with Gasteiger partial charge in [-0.3, -0.25) is 4.79 Å². The number of benzene rings is 1. The Morgan fingerprint density at radius 2 is 1.83 bits per heavy atom. The van der Waals surface area contributed by atoms with Crippen LogP contribution >= 0.6 is 0 Å². The highest BCUT2D eigenvalue weighted by Gasteiger charge is 2.16. The van der Waals surface area contributed by atoms with E-state index in [1.807, 2.05) is 13.0 Å². The van der Waals surface area contributed by atoms with E-state index in [0.717, 1.165) is 12.8 Å². The predicted octanol–water partition coefficient (Wildman–Crippen LogP) is 2.07. The third-order valence-electron chi connectivity index (χ3n) is 3.05. The fraction of sp³-hybridized carbons (Fsp3) is 0.533. The first-order valence-electron chi connectivity index (χ1n) is 6.52. The van der Waals surface area contributed by atoms with Crippen molar-refractivity contribution < 1.29 is 4.79 Å². The van der Waals surface area contributed by atoms with E-state index < -0.39 is 0 Å². The van der Waals surface area contributed by atoms with Crippen LogP contribution in [0.5, 0.6) is 0 Å². The third-order valence-corrected chi connectivity index (χ3v) is 3.05. The maximum absolute atomic E-state index is 11.7. The molecule has 1 aromatic carbocycles. The zero-order valence-electron chi connectivity index (χ0n) is 11.8. The van der Waals surface area contributed by atoms with Gasteiger partial charge in [0.1, 0.15) is 0 Å². The summed E-state index contributed by atoms with van der Waals surface area (Å²) in [7, 11) is 3.57. The summed E-state index contributed by atoms with van der Waals surface area (Å²) in [5, 5.41) is 3.34. The second-order valence-corrected chi connectivity index (χ2v) is 5.05. The summed E-state index contributed by atoms with van der Waals surface area (Å²) in [6.45, 7) is 4.05. The van der Waals surface area contributed by atoms with Gasteiger partial charge in [0.05, 0.1) is 6.04 Å². The predicted molar refractivity (Wildman–Crippen MR) is 75.5 cm³/mol. The lowest BCUT2D eigenvalue weighted by Crippen LogP contribution is -2.45. The van der Waals surface area contributed by atoms with Crippen LogP contribution in [0, 0.1) is 0 Å². The van der Waals surface area contributed by atoms with Gasteiger partial charge in [-0.25, -0.2) is 0 Å². The lowest BCUT2D eigenvalue weighted by molar-refractivity contribution is -0.130. The molecule has 100 valence electrons. The molecule has 0 radical (unpaired) electrons. The van der Waals surface area contributed by atoms with Gasteiger partial charge in [-0.2, -0.15) is 0 Å². The molecule has 0 saturated heterocycles. The molecule has 0 aromatic heterocycles. The number of aryl methyl sites for hydroxylation is 1. The number of carbonyl (C=O) groups excluding carboxylic acids is 1. The maximum Gasteiger partial charge on any atom is 0.238 e. The van der Waals surface area contributed by atoms with Crippen molar-refractivity contribution in [1.82, 2.24) is 10.2 Å². The summed E-state index contributed by atoms with van der Waals surface area (Å²) in [5.41, 5.74) is 1.35. The zero-order chi connectivity index (χ0) is 13.5. The molecule has 1 amide bonds. The summed E-state index contributed by atoms with van der Waals surface area (Å²) in [5.74, 6) is 0.126. The lowest BCUT2D eigenvalue weighted by Gasteiger charge is -2.22. The van der Waals surface area contributed by atoms with E-state index in [9.17, 15) is 4.79 Å². The summed E-state index contributed by atoms with van der Waals surface area (Å²) < 4.78 is 0. The minimum absolute atomic E-state index is 0.120. The molecule has 1 N–H and O–H groups in total. The van der Waals surface area contributed by atoms with Crippen molar-refractivity contribution in [1.29, 1.82) is 0 Å². The van der Waals surface area contributed by atoms with Gasteiger partial charge in [0.15, 0.2) is 0 Å². The monoisotopic (exact) mass is 248 g/mol.